The molecule has 24 heavy (non-hydrogen) atoms. The monoisotopic (exact) mass is 357 g/mol. The Hall–Kier alpha value is -1.34. The van der Waals surface area contributed by atoms with E-state index in [1.54, 1.807) is 0 Å². The third-order valence-electron chi connectivity index (χ3n) is 4.47. The number of esters is 1. The molecule has 136 valence electrons. The lowest BCUT2D eigenvalue weighted by molar-refractivity contribution is -0.145. The Bertz CT molecular complexity index is 629. The molecule has 1 aromatic rings. The lowest BCUT2D eigenvalue weighted by Crippen LogP contribution is -2.21. The molecule has 0 amide bonds. The van der Waals surface area contributed by atoms with E-state index in [9.17, 15) is 13.2 Å². The molecule has 0 bridgehead atoms. The van der Waals surface area contributed by atoms with Gasteiger partial charge in [-0.2, -0.15) is 0 Å². The van der Waals surface area contributed by atoms with Crippen molar-refractivity contribution in [2.75, 3.05) is 14.1 Å². The number of carbonyl (C=O) groups is 1. The van der Waals surface area contributed by atoms with Gasteiger partial charge < -0.3 is 9.15 Å². The molecule has 7 heteroatoms. The molecule has 1 fully saturated rings. The Morgan fingerprint density at radius 2 is 1.96 bits per heavy atom. The van der Waals surface area contributed by atoms with E-state index in [4.69, 9.17) is 9.15 Å². The second kappa shape index (κ2) is 8.67. The minimum Gasteiger partial charge on any atom is -0.457 e. The minimum atomic E-state index is -3.60. The Morgan fingerprint density at radius 3 is 2.62 bits per heavy atom. The van der Waals surface area contributed by atoms with Crippen molar-refractivity contribution in [1.29, 1.82) is 0 Å². The van der Waals surface area contributed by atoms with Crippen LogP contribution in [0.15, 0.2) is 21.6 Å². The Kier molecular flexibility index (Phi) is 6.86. The van der Waals surface area contributed by atoms with E-state index in [-0.39, 0.29) is 17.7 Å². The molecule has 0 radical (unpaired) electrons. The van der Waals surface area contributed by atoms with Gasteiger partial charge in [0.25, 0.3) is 10.0 Å². The summed E-state index contributed by atoms with van der Waals surface area (Å²) in [6.45, 7) is -0.0365. The lowest BCUT2D eigenvalue weighted by Gasteiger charge is -2.20. The summed E-state index contributed by atoms with van der Waals surface area (Å²) < 4.78 is 35.3. The summed E-state index contributed by atoms with van der Waals surface area (Å²) >= 11 is 0. The van der Waals surface area contributed by atoms with E-state index in [2.05, 4.69) is 0 Å². The molecule has 0 saturated heterocycles. The quantitative estimate of drug-likeness (QED) is 0.667. The van der Waals surface area contributed by atoms with Gasteiger partial charge in [-0.15, -0.1) is 0 Å². The molecule has 2 rings (SSSR count). The predicted octanol–water partition coefficient (Wildman–Crippen LogP) is 3.32. The fraction of sp³-hybridized carbons (Fsp3) is 0.706. The SMILES string of the molecule is CN(C)S(=O)(=O)c1ccc(COC(=O)CCCC2CCCCC2)o1. The van der Waals surface area contributed by atoms with E-state index in [0.717, 1.165) is 23.1 Å². The fourth-order valence-corrected chi connectivity index (χ4v) is 3.80. The van der Waals surface area contributed by atoms with Crippen LogP contribution in [0.25, 0.3) is 0 Å². The Labute approximate surface area is 144 Å². The van der Waals surface area contributed by atoms with Crippen LogP contribution in [-0.4, -0.2) is 32.8 Å². The number of hydrogen-bond donors (Lipinski definition) is 0. The van der Waals surface area contributed by atoms with Crippen LogP contribution in [0.2, 0.25) is 0 Å². The van der Waals surface area contributed by atoms with E-state index in [1.807, 2.05) is 0 Å². The molecule has 1 aromatic heterocycles. The summed E-state index contributed by atoms with van der Waals surface area (Å²) in [6, 6.07) is 2.90. The molecule has 0 unspecified atom stereocenters. The highest BCUT2D eigenvalue weighted by molar-refractivity contribution is 7.88. The summed E-state index contributed by atoms with van der Waals surface area (Å²) in [6.07, 6.45) is 8.86. The molecule has 0 aliphatic heterocycles. The molecule has 1 aliphatic carbocycles. The van der Waals surface area contributed by atoms with E-state index < -0.39 is 10.0 Å². The summed E-state index contributed by atoms with van der Waals surface area (Å²) in [5.41, 5.74) is 0. The zero-order chi connectivity index (χ0) is 17.6. The normalized spacial score (nSPS) is 16.5. The van der Waals surface area contributed by atoms with E-state index >= 15 is 0 Å². The highest BCUT2D eigenvalue weighted by Crippen LogP contribution is 2.27. The van der Waals surface area contributed by atoms with Crippen LogP contribution in [0.5, 0.6) is 0 Å². The third-order valence-corrected chi connectivity index (χ3v) is 6.15. The van der Waals surface area contributed by atoms with Crippen molar-refractivity contribution < 1.29 is 22.4 Å². The molecular weight excluding hydrogens is 330 g/mol. The van der Waals surface area contributed by atoms with Gasteiger partial charge in [0.2, 0.25) is 5.09 Å². The van der Waals surface area contributed by atoms with Crippen LogP contribution < -0.4 is 0 Å². The number of sulfonamides is 1. The zero-order valence-corrected chi connectivity index (χ0v) is 15.3. The molecule has 1 aliphatic rings. The van der Waals surface area contributed by atoms with Crippen molar-refractivity contribution in [2.24, 2.45) is 5.92 Å². The fourth-order valence-electron chi connectivity index (χ4n) is 2.99. The molecule has 1 saturated carbocycles. The zero-order valence-electron chi connectivity index (χ0n) is 14.5. The average molecular weight is 357 g/mol. The van der Waals surface area contributed by atoms with Crippen LogP contribution in [0.4, 0.5) is 0 Å². The molecule has 1 heterocycles. The van der Waals surface area contributed by atoms with Crippen molar-refractivity contribution in [1.82, 2.24) is 4.31 Å². The van der Waals surface area contributed by atoms with E-state index in [1.165, 1.54) is 58.3 Å². The topological polar surface area (TPSA) is 76.8 Å². The highest BCUT2D eigenvalue weighted by Gasteiger charge is 2.21. The summed E-state index contributed by atoms with van der Waals surface area (Å²) in [5, 5.41) is -0.143. The van der Waals surface area contributed by atoms with Gasteiger partial charge in [0.1, 0.15) is 12.4 Å². The van der Waals surface area contributed by atoms with Crippen LogP contribution in [-0.2, 0) is 26.2 Å². The molecule has 0 atom stereocenters. The van der Waals surface area contributed by atoms with Gasteiger partial charge in [0.05, 0.1) is 0 Å². The number of ether oxygens (including phenoxy) is 1. The maximum absolute atomic E-state index is 11.9. The van der Waals surface area contributed by atoms with Gasteiger partial charge in [0, 0.05) is 20.5 Å². The first-order valence-electron chi connectivity index (χ1n) is 8.56. The number of rotatable bonds is 8. The van der Waals surface area contributed by atoms with Crippen LogP contribution in [0.3, 0.4) is 0 Å². The lowest BCUT2D eigenvalue weighted by atomic mass is 9.86. The maximum atomic E-state index is 11.9. The van der Waals surface area contributed by atoms with Gasteiger partial charge in [-0.05, 0) is 30.9 Å². The minimum absolute atomic E-state index is 0.0365. The highest BCUT2D eigenvalue weighted by atomic mass is 32.2. The van der Waals surface area contributed by atoms with Gasteiger partial charge >= 0.3 is 5.97 Å². The second-order valence-electron chi connectivity index (χ2n) is 6.57. The van der Waals surface area contributed by atoms with Crippen LogP contribution in [0, 0.1) is 5.92 Å². The molecule has 6 nitrogen and oxygen atoms in total. The Balaban J connectivity index is 1.71. The van der Waals surface area contributed by atoms with Crippen molar-refractivity contribution in [2.45, 2.75) is 63.1 Å². The summed E-state index contributed by atoms with van der Waals surface area (Å²) in [5.74, 6) is 0.825. The predicted molar refractivity (Wildman–Crippen MR) is 89.8 cm³/mol. The number of carbonyl (C=O) groups excluding carboxylic acids is 1. The largest absolute Gasteiger partial charge is 0.457 e. The maximum Gasteiger partial charge on any atom is 0.306 e. The Morgan fingerprint density at radius 1 is 1.25 bits per heavy atom. The third kappa shape index (κ3) is 5.34. The first kappa shape index (κ1) is 19.0. The molecule has 0 spiro atoms. The summed E-state index contributed by atoms with van der Waals surface area (Å²) in [4.78, 5) is 11.8. The number of hydrogen-bond acceptors (Lipinski definition) is 5. The van der Waals surface area contributed by atoms with Crippen LogP contribution >= 0.6 is 0 Å². The molecule has 0 aromatic carbocycles. The van der Waals surface area contributed by atoms with Gasteiger partial charge in [-0.25, -0.2) is 12.7 Å². The number of nitrogens with zero attached hydrogens (tertiary/aromatic N) is 1. The van der Waals surface area contributed by atoms with Crippen molar-refractivity contribution >= 4 is 16.0 Å². The van der Waals surface area contributed by atoms with Crippen LogP contribution in [0.1, 0.15) is 57.1 Å². The van der Waals surface area contributed by atoms with Gasteiger partial charge in [0.15, 0.2) is 0 Å². The molecular formula is C17H27NO5S. The van der Waals surface area contributed by atoms with E-state index in [0.29, 0.717) is 12.2 Å². The first-order valence-corrected chi connectivity index (χ1v) is 10.0. The van der Waals surface area contributed by atoms with Crippen molar-refractivity contribution in [3.8, 4) is 0 Å². The first-order chi connectivity index (χ1) is 11.4. The smallest absolute Gasteiger partial charge is 0.306 e. The van der Waals surface area contributed by atoms with Crippen molar-refractivity contribution in [3.05, 3.63) is 17.9 Å². The van der Waals surface area contributed by atoms with Crippen molar-refractivity contribution in [3.63, 3.8) is 0 Å². The number of furan rings is 1. The van der Waals surface area contributed by atoms with Gasteiger partial charge in [-0.3, -0.25) is 4.79 Å². The standard InChI is InChI=1S/C17H27NO5S/c1-18(2)24(20,21)17-12-11-15(23-17)13-22-16(19)10-6-9-14-7-4-3-5-8-14/h11-12,14H,3-10,13H2,1-2H3. The summed E-state index contributed by atoms with van der Waals surface area (Å²) in [7, 11) is -0.726. The van der Waals surface area contributed by atoms with Gasteiger partial charge in [-0.1, -0.05) is 32.1 Å². The second-order valence-corrected chi connectivity index (χ2v) is 8.65. The average Bonchev–Trinajstić information content (AvgIpc) is 3.03. The molecule has 0 N–H and O–H groups in total.